The van der Waals surface area contributed by atoms with Gasteiger partial charge in [-0.1, -0.05) is 0 Å². The second kappa shape index (κ2) is 3.82. The van der Waals surface area contributed by atoms with Crippen molar-refractivity contribution in [3.8, 4) is 5.69 Å². The van der Waals surface area contributed by atoms with E-state index in [-0.39, 0.29) is 5.69 Å². The predicted octanol–water partition coefficient (Wildman–Crippen LogP) is 1.13. The SMILES string of the molecule is NC(=O)c1ccn(-c2ccncc2Br)n1. The molecule has 0 fully saturated rings. The fourth-order valence-electron chi connectivity index (χ4n) is 1.14. The molecule has 2 rings (SSSR count). The molecule has 0 bridgehead atoms. The van der Waals surface area contributed by atoms with Crippen LogP contribution in [0.15, 0.2) is 35.2 Å². The number of carbonyl (C=O) groups is 1. The van der Waals surface area contributed by atoms with Crippen molar-refractivity contribution in [3.05, 3.63) is 40.9 Å². The van der Waals surface area contributed by atoms with Crippen LogP contribution in [0.2, 0.25) is 0 Å². The first-order valence-electron chi connectivity index (χ1n) is 4.14. The van der Waals surface area contributed by atoms with Gasteiger partial charge in [0.1, 0.15) is 5.69 Å². The van der Waals surface area contributed by atoms with Crippen molar-refractivity contribution < 1.29 is 4.79 Å². The minimum atomic E-state index is -0.543. The van der Waals surface area contributed by atoms with Crippen LogP contribution in [-0.2, 0) is 0 Å². The first-order valence-corrected chi connectivity index (χ1v) is 4.93. The molecule has 0 aliphatic carbocycles. The number of hydrogen-bond acceptors (Lipinski definition) is 3. The van der Waals surface area contributed by atoms with Gasteiger partial charge in [-0.3, -0.25) is 9.78 Å². The molecular formula is C9H7BrN4O. The van der Waals surface area contributed by atoms with E-state index in [0.29, 0.717) is 0 Å². The highest BCUT2D eigenvalue weighted by Crippen LogP contribution is 2.18. The maximum Gasteiger partial charge on any atom is 0.269 e. The Morgan fingerprint density at radius 2 is 2.27 bits per heavy atom. The van der Waals surface area contributed by atoms with Crippen LogP contribution < -0.4 is 5.73 Å². The molecule has 0 spiro atoms. The Kier molecular flexibility index (Phi) is 2.51. The standard InChI is InChI=1S/C9H7BrN4O/c10-6-5-12-3-1-8(6)14-4-2-7(13-14)9(11)15/h1-5H,(H2,11,15). The fourth-order valence-corrected chi connectivity index (χ4v) is 1.58. The number of nitrogens with zero attached hydrogens (tertiary/aromatic N) is 3. The molecule has 2 heterocycles. The van der Waals surface area contributed by atoms with Crippen molar-refractivity contribution in [1.82, 2.24) is 14.8 Å². The highest BCUT2D eigenvalue weighted by atomic mass is 79.9. The lowest BCUT2D eigenvalue weighted by Crippen LogP contribution is -2.12. The van der Waals surface area contributed by atoms with Crippen molar-refractivity contribution in [3.63, 3.8) is 0 Å². The van der Waals surface area contributed by atoms with Crippen LogP contribution in [0.4, 0.5) is 0 Å². The smallest absolute Gasteiger partial charge is 0.269 e. The largest absolute Gasteiger partial charge is 0.364 e. The van der Waals surface area contributed by atoms with Crippen molar-refractivity contribution in [1.29, 1.82) is 0 Å². The van der Waals surface area contributed by atoms with E-state index in [4.69, 9.17) is 5.73 Å². The van der Waals surface area contributed by atoms with Gasteiger partial charge in [-0.2, -0.15) is 5.10 Å². The van der Waals surface area contributed by atoms with Crippen LogP contribution in [0.1, 0.15) is 10.5 Å². The summed E-state index contributed by atoms with van der Waals surface area (Å²) in [6, 6.07) is 3.34. The maximum absolute atomic E-state index is 10.9. The highest BCUT2D eigenvalue weighted by molar-refractivity contribution is 9.10. The van der Waals surface area contributed by atoms with E-state index in [0.717, 1.165) is 10.2 Å². The maximum atomic E-state index is 10.9. The molecular weight excluding hydrogens is 260 g/mol. The molecule has 0 radical (unpaired) electrons. The van der Waals surface area contributed by atoms with Gasteiger partial charge < -0.3 is 5.73 Å². The van der Waals surface area contributed by atoms with E-state index in [9.17, 15) is 4.79 Å². The quantitative estimate of drug-likeness (QED) is 0.886. The van der Waals surface area contributed by atoms with E-state index < -0.39 is 5.91 Å². The van der Waals surface area contributed by atoms with Gasteiger partial charge in [-0.05, 0) is 28.1 Å². The Bertz CT molecular complexity index is 508. The molecule has 1 amide bonds. The van der Waals surface area contributed by atoms with Gasteiger partial charge >= 0.3 is 0 Å². The Balaban J connectivity index is 2.46. The molecule has 0 unspecified atom stereocenters. The molecule has 2 aromatic rings. The minimum Gasteiger partial charge on any atom is -0.364 e. The molecule has 0 atom stereocenters. The van der Waals surface area contributed by atoms with Gasteiger partial charge in [0.25, 0.3) is 5.91 Å². The van der Waals surface area contributed by atoms with Crippen molar-refractivity contribution in [2.75, 3.05) is 0 Å². The lowest BCUT2D eigenvalue weighted by Gasteiger charge is -2.02. The van der Waals surface area contributed by atoms with Crippen LogP contribution in [0.25, 0.3) is 5.69 Å². The Morgan fingerprint density at radius 3 is 2.87 bits per heavy atom. The van der Waals surface area contributed by atoms with Crippen molar-refractivity contribution >= 4 is 21.8 Å². The summed E-state index contributed by atoms with van der Waals surface area (Å²) in [4.78, 5) is 14.8. The average Bonchev–Trinajstić information content (AvgIpc) is 2.67. The summed E-state index contributed by atoms with van der Waals surface area (Å²) in [6.45, 7) is 0. The summed E-state index contributed by atoms with van der Waals surface area (Å²) in [7, 11) is 0. The summed E-state index contributed by atoms with van der Waals surface area (Å²) in [5.41, 5.74) is 6.14. The summed E-state index contributed by atoms with van der Waals surface area (Å²) in [6.07, 6.45) is 4.97. The predicted molar refractivity (Wildman–Crippen MR) is 57.6 cm³/mol. The number of nitrogens with two attached hydrogens (primary N) is 1. The molecule has 0 saturated carbocycles. The molecule has 5 nitrogen and oxygen atoms in total. The monoisotopic (exact) mass is 266 g/mol. The van der Waals surface area contributed by atoms with E-state index >= 15 is 0 Å². The van der Waals surface area contributed by atoms with Gasteiger partial charge in [0, 0.05) is 18.6 Å². The molecule has 0 aromatic carbocycles. The molecule has 2 aromatic heterocycles. The Labute approximate surface area is 94.0 Å². The van der Waals surface area contributed by atoms with Gasteiger partial charge in [-0.15, -0.1) is 0 Å². The lowest BCUT2D eigenvalue weighted by atomic mass is 10.4. The van der Waals surface area contributed by atoms with Gasteiger partial charge in [0.15, 0.2) is 0 Å². The van der Waals surface area contributed by atoms with Crippen LogP contribution >= 0.6 is 15.9 Å². The van der Waals surface area contributed by atoms with Crippen LogP contribution in [0.5, 0.6) is 0 Å². The molecule has 0 aliphatic heterocycles. The van der Waals surface area contributed by atoms with Gasteiger partial charge in [-0.25, -0.2) is 4.68 Å². The molecule has 2 N–H and O–H groups in total. The summed E-state index contributed by atoms with van der Waals surface area (Å²) < 4.78 is 2.36. The number of halogens is 1. The van der Waals surface area contributed by atoms with E-state index in [1.54, 1.807) is 35.4 Å². The number of pyridine rings is 1. The summed E-state index contributed by atoms with van der Waals surface area (Å²) in [5.74, 6) is -0.543. The second-order valence-electron chi connectivity index (χ2n) is 2.84. The van der Waals surface area contributed by atoms with Crippen LogP contribution in [-0.4, -0.2) is 20.7 Å². The second-order valence-corrected chi connectivity index (χ2v) is 3.69. The molecule has 15 heavy (non-hydrogen) atoms. The zero-order valence-corrected chi connectivity index (χ0v) is 9.18. The normalized spacial score (nSPS) is 10.2. The van der Waals surface area contributed by atoms with Crippen LogP contribution in [0.3, 0.4) is 0 Å². The molecule has 0 aliphatic rings. The fraction of sp³-hybridized carbons (Fsp3) is 0. The zero-order chi connectivity index (χ0) is 10.8. The van der Waals surface area contributed by atoms with E-state index in [1.165, 1.54) is 0 Å². The van der Waals surface area contributed by atoms with Crippen molar-refractivity contribution in [2.24, 2.45) is 5.73 Å². The zero-order valence-electron chi connectivity index (χ0n) is 7.59. The number of aromatic nitrogens is 3. The Hall–Kier alpha value is -1.69. The molecule has 76 valence electrons. The average molecular weight is 267 g/mol. The molecule has 6 heteroatoms. The third-order valence-corrected chi connectivity index (χ3v) is 2.45. The lowest BCUT2D eigenvalue weighted by molar-refractivity contribution is 0.0995. The Morgan fingerprint density at radius 1 is 1.47 bits per heavy atom. The third kappa shape index (κ3) is 1.89. The highest BCUT2D eigenvalue weighted by Gasteiger charge is 2.07. The topological polar surface area (TPSA) is 73.8 Å². The van der Waals surface area contributed by atoms with Crippen molar-refractivity contribution in [2.45, 2.75) is 0 Å². The first-order chi connectivity index (χ1) is 7.18. The van der Waals surface area contributed by atoms with E-state index in [1.807, 2.05) is 0 Å². The minimum absolute atomic E-state index is 0.235. The van der Waals surface area contributed by atoms with Crippen LogP contribution in [0, 0.1) is 0 Å². The van der Waals surface area contributed by atoms with Gasteiger partial charge in [0.2, 0.25) is 0 Å². The molecule has 0 saturated heterocycles. The number of amides is 1. The first kappa shape index (κ1) is 9.85. The van der Waals surface area contributed by atoms with Gasteiger partial charge in [0.05, 0.1) is 10.2 Å². The number of primary amides is 1. The number of hydrogen-bond donors (Lipinski definition) is 1. The summed E-state index contributed by atoms with van der Waals surface area (Å²) in [5, 5.41) is 4.03. The number of carbonyl (C=O) groups excluding carboxylic acids is 1. The van der Waals surface area contributed by atoms with E-state index in [2.05, 4.69) is 26.0 Å². The third-order valence-electron chi connectivity index (χ3n) is 1.84. The summed E-state index contributed by atoms with van der Waals surface area (Å²) >= 11 is 3.34. The number of rotatable bonds is 2.